The van der Waals surface area contributed by atoms with Crippen molar-refractivity contribution in [2.45, 2.75) is 19.4 Å². The van der Waals surface area contributed by atoms with Crippen LogP contribution in [0.1, 0.15) is 13.3 Å². The van der Waals surface area contributed by atoms with E-state index >= 15 is 0 Å². The molecular formula is C15H20N2O4. The average Bonchev–Trinajstić information content (AvgIpc) is 2.81. The van der Waals surface area contributed by atoms with Crippen molar-refractivity contribution in [3.63, 3.8) is 0 Å². The van der Waals surface area contributed by atoms with Gasteiger partial charge in [0.05, 0.1) is 25.3 Å². The molecule has 1 saturated heterocycles. The summed E-state index contributed by atoms with van der Waals surface area (Å²) in [5, 5.41) is 11.9. The van der Waals surface area contributed by atoms with Gasteiger partial charge in [-0.15, -0.1) is 0 Å². The Balaban J connectivity index is 1.95. The molecule has 0 spiro atoms. The van der Waals surface area contributed by atoms with Crippen LogP contribution < -0.4 is 10.1 Å². The lowest BCUT2D eigenvalue weighted by atomic mass is 10.0. The van der Waals surface area contributed by atoms with Gasteiger partial charge >= 0.3 is 5.97 Å². The predicted molar refractivity (Wildman–Crippen MR) is 78.4 cm³/mol. The van der Waals surface area contributed by atoms with Crippen molar-refractivity contribution in [3.05, 3.63) is 24.3 Å². The van der Waals surface area contributed by atoms with E-state index in [1.807, 2.05) is 24.0 Å². The number of carbonyl (C=O) groups is 2. The zero-order valence-corrected chi connectivity index (χ0v) is 12.2. The Morgan fingerprint density at radius 3 is 2.76 bits per heavy atom. The van der Waals surface area contributed by atoms with E-state index < -0.39 is 11.9 Å². The summed E-state index contributed by atoms with van der Waals surface area (Å²) in [5.74, 6) is -0.764. The van der Waals surface area contributed by atoms with Crippen molar-refractivity contribution in [2.24, 2.45) is 5.92 Å². The summed E-state index contributed by atoms with van der Waals surface area (Å²) in [7, 11) is 1.55. The maximum Gasteiger partial charge on any atom is 0.308 e. The number of methoxy groups -OCH3 is 1. The van der Waals surface area contributed by atoms with Crippen LogP contribution in [0.2, 0.25) is 0 Å². The molecule has 0 aromatic heterocycles. The number of hydrogen-bond donors (Lipinski definition) is 2. The molecule has 2 rings (SSSR count). The molecule has 0 saturated carbocycles. The van der Waals surface area contributed by atoms with Crippen LogP contribution >= 0.6 is 0 Å². The fraction of sp³-hybridized carbons (Fsp3) is 0.467. The number of ether oxygens (including phenoxy) is 1. The molecule has 1 fully saturated rings. The summed E-state index contributed by atoms with van der Waals surface area (Å²) in [6.07, 6.45) is 0.582. The quantitative estimate of drug-likeness (QED) is 0.858. The standard InChI is InChI=1S/C15H20N2O4/c1-10-11(15(19)20)7-8-17(10)9-14(18)16-12-5-3-4-6-13(12)21-2/h3-6,10-11H,7-9H2,1-2H3,(H,16,18)(H,19,20). The highest BCUT2D eigenvalue weighted by Gasteiger charge is 2.36. The fourth-order valence-electron chi connectivity index (χ4n) is 2.68. The SMILES string of the molecule is COc1ccccc1NC(=O)CN1CCC(C(=O)O)C1C. The third-order valence-corrected chi connectivity index (χ3v) is 3.93. The number of carboxylic acid groups (broad SMARTS) is 1. The first-order valence-electron chi connectivity index (χ1n) is 6.92. The fourth-order valence-corrected chi connectivity index (χ4v) is 2.68. The molecule has 2 unspecified atom stereocenters. The van der Waals surface area contributed by atoms with Crippen LogP contribution in [0, 0.1) is 5.92 Å². The Morgan fingerprint density at radius 1 is 1.43 bits per heavy atom. The van der Waals surface area contributed by atoms with Gasteiger partial charge in [0.2, 0.25) is 5.91 Å². The second-order valence-corrected chi connectivity index (χ2v) is 5.19. The van der Waals surface area contributed by atoms with Gasteiger partial charge in [-0.3, -0.25) is 14.5 Å². The Hall–Kier alpha value is -2.08. The highest BCUT2D eigenvalue weighted by atomic mass is 16.5. The topological polar surface area (TPSA) is 78.9 Å². The van der Waals surface area contributed by atoms with Gasteiger partial charge in [0.1, 0.15) is 5.75 Å². The lowest BCUT2D eigenvalue weighted by Gasteiger charge is -2.22. The molecule has 1 aromatic carbocycles. The molecular weight excluding hydrogens is 272 g/mol. The van der Waals surface area contributed by atoms with Crippen LogP contribution in [0.4, 0.5) is 5.69 Å². The molecule has 2 N–H and O–H groups in total. The molecule has 1 aliphatic heterocycles. The number of anilines is 1. The summed E-state index contributed by atoms with van der Waals surface area (Å²) in [5.41, 5.74) is 0.617. The first kappa shape index (κ1) is 15.3. The number of hydrogen-bond acceptors (Lipinski definition) is 4. The normalized spacial score (nSPS) is 22.0. The minimum atomic E-state index is -0.796. The van der Waals surface area contributed by atoms with E-state index in [9.17, 15) is 9.59 Å². The Labute approximate surface area is 123 Å². The summed E-state index contributed by atoms with van der Waals surface area (Å²) in [4.78, 5) is 25.1. The maximum absolute atomic E-state index is 12.1. The molecule has 6 nitrogen and oxygen atoms in total. The second-order valence-electron chi connectivity index (χ2n) is 5.19. The summed E-state index contributed by atoms with van der Waals surface area (Å²) >= 11 is 0. The third-order valence-electron chi connectivity index (χ3n) is 3.93. The van der Waals surface area contributed by atoms with Crippen molar-refractivity contribution in [2.75, 3.05) is 25.5 Å². The monoisotopic (exact) mass is 292 g/mol. The number of carboxylic acids is 1. The Bertz CT molecular complexity index is 532. The molecule has 1 heterocycles. The first-order valence-corrected chi connectivity index (χ1v) is 6.92. The molecule has 0 radical (unpaired) electrons. The molecule has 6 heteroatoms. The number of para-hydroxylation sites is 2. The van der Waals surface area contributed by atoms with Gasteiger partial charge in [-0.05, 0) is 32.0 Å². The summed E-state index contributed by atoms with van der Waals surface area (Å²) in [6, 6.07) is 7.05. The van der Waals surface area contributed by atoms with Crippen molar-refractivity contribution >= 4 is 17.6 Å². The summed E-state index contributed by atoms with van der Waals surface area (Å²) < 4.78 is 5.18. The van der Waals surface area contributed by atoms with Gasteiger partial charge in [-0.2, -0.15) is 0 Å². The molecule has 114 valence electrons. The average molecular weight is 292 g/mol. The van der Waals surface area contributed by atoms with Crippen molar-refractivity contribution in [1.29, 1.82) is 0 Å². The number of carbonyl (C=O) groups excluding carboxylic acids is 1. The molecule has 21 heavy (non-hydrogen) atoms. The van der Waals surface area contributed by atoms with Gasteiger partial charge < -0.3 is 15.2 Å². The van der Waals surface area contributed by atoms with Crippen molar-refractivity contribution in [1.82, 2.24) is 4.90 Å². The van der Waals surface area contributed by atoms with Crippen LogP contribution in [-0.4, -0.2) is 48.1 Å². The van der Waals surface area contributed by atoms with Gasteiger partial charge in [0.25, 0.3) is 0 Å². The smallest absolute Gasteiger partial charge is 0.308 e. The molecule has 1 aliphatic rings. The number of rotatable bonds is 5. The van der Waals surface area contributed by atoms with Gasteiger partial charge in [0, 0.05) is 6.04 Å². The van der Waals surface area contributed by atoms with Gasteiger partial charge in [0.15, 0.2) is 0 Å². The number of aliphatic carboxylic acids is 1. The minimum Gasteiger partial charge on any atom is -0.495 e. The van der Waals surface area contributed by atoms with Crippen LogP contribution in [0.25, 0.3) is 0 Å². The summed E-state index contributed by atoms with van der Waals surface area (Å²) in [6.45, 7) is 2.66. The Morgan fingerprint density at radius 2 is 2.14 bits per heavy atom. The minimum absolute atomic E-state index is 0.133. The number of nitrogens with one attached hydrogen (secondary N) is 1. The maximum atomic E-state index is 12.1. The lowest BCUT2D eigenvalue weighted by molar-refractivity contribution is -0.142. The largest absolute Gasteiger partial charge is 0.495 e. The van der Waals surface area contributed by atoms with Gasteiger partial charge in [-0.25, -0.2) is 0 Å². The van der Waals surface area contributed by atoms with Crippen molar-refractivity contribution in [3.8, 4) is 5.75 Å². The van der Waals surface area contributed by atoms with Crippen LogP contribution in [-0.2, 0) is 9.59 Å². The van der Waals surface area contributed by atoms with E-state index in [4.69, 9.17) is 9.84 Å². The van der Waals surface area contributed by atoms with E-state index in [1.54, 1.807) is 19.2 Å². The predicted octanol–water partition coefficient (Wildman–Crippen LogP) is 1.43. The van der Waals surface area contributed by atoms with Crippen molar-refractivity contribution < 1.29 is 19.4 Å². The number of nitrogens with zero attached hydrogens (tertiary/aromatic N) is 1. The first-order chi connectivity index (χ1) is 10.0. The molecule has 1 amide bonds. The zero-order chi connectivity index (χ0) is 15.4. The van der Waals surface area contributed by atoms with E-state index in [2.05, 4.69) is 5.32 Å². The molecule has 2 atom stereocenters. The Kier molecular flexibility index (Phi) is 4.80. The number of likely N-dealkylation sites (tertiary alicyclic amines) is 1. The third kappa shape index (κ3) is 3.52. The van der Waals surface area contributed by atoms with Crippen LogP contribution in [0.3, 0.4) is 0 Å². The highest BCUT2D eigenvalue weighted by Crippen LogP contribution is 2.25. The lowest BCUT2D eigenvalue weighted by Crippen LogP contribution is -2.38. The highest BCUT2D eigenvalue weighted by molar-refractivity contribution is 5.93. The van der Waals surface area contributed by atoms with Crippen LogP contribution in [0.15, 0.2) is 24.3 Å². The van der Waals surface area contributed by atoms with E-state index in [-0.39, 0.29) is 18.5 Å². The zero-order valence-electron chi connectivity index (χ0n) is 12.2. The van der Waals surface area contributed by atoms with E-state index in [0.29, 0.717) is 24.4 Å². The molecule has 0 aliphatic carbocycles. The second kappa shape index (κ2) is 6.58. The van der Waals surface area contributed by atoms with E-state index in [1.165, 1.54) is 0 Å². The molecule has 0 bridgehead atoms. The number of benzene rings is 1. The number of amides is 1. The molecule has 1 aromatic rings. The van der Waals surface area contributed by atoms with E-state index in [0.717, 1.165) is 0 Å². The van der Waals surface area contributed by atoms with Gasteiger partial charge in [-0.1, -0.05) is 12.1 Å². The van der Waals surface area contributed by atoms with Crippen LogP contribution in [0.5, 0.6) is 5.75 Å².